The first-order chi connectivity index (χ1) is 15.0. The van der Waals surface area contributed by atoms with E-state index >= 15 is 0 Å². The molecule has 0 saturated carbocycles. The van der Waals surface area contributed by atoms with Crippen molar-refractivity contribution in [1.82, 2.24) is 15.1 Å². The Morgan fingerprint density at radius 1 is 1.12 bits per heavy atom. The van der Waals surface area contributed by atoms with Crippen LogP contribution in [-0.4, -0.2) is 58.3 Å². The van der Waals surface area contributed by atoms with Gasteiger partial charge in [0, 0.05) is 31.6 Å². The molecule has 3 aliphatic rings. The number of nitrogens with one attached hydrogen (secondary N) is 1. The quantitative estimate of drug-likeness (QED) is 0.706. The largest absolute Gasteiger partial charge is 0.444 e. The summed E-state index contributed by atoms with van der Waals surface area (Å²) in [6.07, 6.45) is 1.27. The first kappa shape index (κ1) is 22.2. The molecule has 1 aromatic carbocycles. The van der Waals surface area contributed by atoms with Crippen molar-refractivity contribution in [1.29, 1.82) is 0 Å². The second-order valence-corrected chi connectivity index (χ2v) is 9.67. The zero-order valence-corrected chi connectivity index (χ0v) is 18.6. The monoisotopic (exact) mass is 445 g/mol. The Kier molecular flexibility index (Phi) is 5.68. The number of benzene rings is 1. The van der Waals surface area contributed by atoms with Crippen molar-refractivity contribution in [2.24, 2.45) is 0 Å². The zero-order valence-electron chi connectivity index (χ0n) is 18.6. The maximum absolute atomic E-state index is 15.0. The summed E-state index contributed by atoms with van der Waals surface area (Å²) in [5, 5.41) is 2.27. The minimum atomic E-state index is -0.726. The minimum absolute atomic E-state index is 0.0706. The molecule has 0 spiro atoms. The van der Waals surface area contributed by atoms with Gasteiger partial charge in [0.25, 0.3) is 5.91 Å². The fourth-order valence-corrected chi connectivity index (χ4v) is 4.62. The van der Waals surface area contributed by atoms with Gasteiger partial charge in [0.15, 0.2) is 0 Å². The van der Waals surface area contributed by atoms with E-state index < -0.39 is 23.4 Å². The summed E-state index contributed by atoms with van der Waals surface area (Å²) in [7, 11) is 0. The number of nitrogens with zero attached hydrogens (tertiary/aromatic N) is 2. The molecule has 3 aliphatic heterocycles. The van der Waals surface area contributed by atoms with Crippen LogP contribution in [0.1, 0.15) is 73.9 Å². The van der Waals surface area contributed by atoms with Crippen LogP contribution >= 0.6 is 0 Å². The van der Waals surface area contributed by atoms with Crippen LogP contribution in [0, 0.1) is 5.82 Å². The summed E-state index contributed by atoms with van der Waals surface area (Å²) < 4.78 is 20.4. The first-order valence-electron chi connectivity index (χ1n) is 11.0. The molecule has 0 aliphatic carbocycles. The number of fused-ring (bicyclic) bond motifs is 1. The standard InChI is InChI=1S/C23H28FN3O5/c1-23(2,3)32-22(31)26-8-6-13(7-9-26)15-10-14-12-27(21(30)16(14)11-17(15)24)18-4-5-19(28)25-20(18)29/h10-11,13,18H,4-9,12H2,1-3H3,(H,25,28,29). The molecule has 0 radical (unpaired) electrons. The van der Waals surface area contributed by atoms with E-state index in [0.717, 1.165) is 0 Å². The zero-order chi connectivity index (χ0) is 23.2. The van der Waals surface area contributed by atoms with E-state index in [9.17, 15) is 23.6 Å². The molecule has 1 N–H and O–H groups in total. The third-order valence-corrected chi connectivity index (χ3v) is 6.23. The van der Waals surface area contributed by atoms with Crippen molar-refractivity contribution in [3.05, 3.63) is 34.6 Å². The number of likely N-dealkylation sites (tertiary alicyclic amines) is 1. The summed E-state index contributed by atoms with van der Waals surface area (Å²) in [6.45, 7) is 6.60. The van der Waals surface area contributed by atoms with Gasteiger partial charge in [0.05, 0.1) is 0 Å². The average Bonchev–Trinajstić information content (AvgIpc) is 3.02. The van der Waals surface area contributed by atoms with E-state index in [4.69, 9.17) is 4.74 Å². The highest BCUT2D eigenvalue weighted by Gasteiger charge is 2.40. The molecule has 0 bridgehead atoms. The Morgan fingerprint density at radius 2 is 1.81 bits per heavy atom. The normalized spacial score (nSPS) is 22.1. The first-order valence-corrected chi connectivity index (χ1v) is 11.0. The molecule has 1 unspecified atom stereocenters. The molecule has 0 aromatic heterocycles. The molecule has 8 nitrogen and oxygen atoms in total. The van der Waals surface area contributed by atoms with Crippen LogP contribution in [0.2, 0.25) is 0 Å². The lowest BCUT2D eigenvalue weighted by atomic mass is 9.87. The molecule has 2 fully saturated rings. The fourth-order valence-electron chi connectivity index (χ4n) is 4.62. The predicted octanol–water partition coefficient (Wildman–Crippen LogP) is 2.70. The Hall–Kier alpha value is -2.97. The Bertz CT molecular complexity index is 979. The van der Waals surface area contributed by atoms with Crippen molar-refractivity contribution in [2.45, 2.75) is 70.6 Å². The average molecular weight is 445 g/mol. The molecule has 3 heterocycles. The number of carbonyl (C=O) groups excluding carboxylic acids is 4. The molecular formula is C23H28FN3O5. The smallest absolute Gasteiger partial charge is 0.410 e. The second kappa shape index (κ2) is 8.18. The third-order valence-electron chi connectivity index (χ3n) is 6.23. The number of rotatable bonds is 2. The summed E-state index contributed by atoms with van der Waals surface area (Å²) in [6, 6.07) is 2.26. The van der Waals surface area contributed by atoms with Crippen LogP contribution in [-0.2, 0) is 20.9 Å². The van der Waals surface area contributed by atoms with E-state index in [1.165, 1.54) is 11.0 Å². The van der Waals surface area contributed by atoms with Gasteiger partial charge in [0.1, 0.15) is 17.5 Å². The fraction of sp³-hybridized carbons (Fsp3) is 0.565. The maximum Gasteiger partial charge on any atom is 0.410 e. The van der Waals surface area contributed by atoms with Crippen LogP contribution in [0.15, 0.2) is 12.1 Å². The van der Waals surface area contributed by atoms with Gasteiger partial charge >= 0.3 is 6.09 Å². The number of amides is 4. The molecule has 1 aromatic rings. The SMILES string of the molecule is CC(C)(C)OC(=O)N1CCC(c2cc3c(cc2F)C(=O)N(C2CCC(=O)NC2=O)C3)CC1. The van der Waals surface area contributed by atoms with E-state index in [1.54, 1.807) is 11.0 Å². The number of halogens is 1. The van der Waals surface area contributed by atoms with Crippen LogP contribution in [0.4, 0.5) is 9.18 Å². The highest BCUT2D eigenvalue weighted by molar-refractivity contribution is 6.05. The Balaban J connectivity index is 1.46. The molecule has 32 heavy (non-hydrogen) atoms. The molecule has 1 atom stereocenters. The van der Waals surface area contributed by atoms with E-state index in [2.05, 4.69) is 5.32 Å². The van der Waals surface area contributed by atoms with Gasteiger partial charge < -0.3 is 14.5 Å². The highest BCUT2D eigenvalue weighted by atomic mass is 19.1. The predicted molar refractivity (Wildman–Crippen MR) is 112 cm³/mol. The van der Waals surface area contributed by atoms with Gasteiger partial charge in [-0.25, -0.2) is 9.18 Å². The van der Waals surface area contributed by atoms with E-state index in [-0.39, 0.29) is 48.8 Å². The van der Waals surface area contributed by atoms with Gasteiger partial charge in [-0.1, -0.05) is 6.07 Å². The van der Waals surface area contributed by atoms with Gasteiger partial charge in [0.2, 0.25) is 11.8 Å². The van der Waals surface area contributed by atoms with Crippen LogP contribution in [0.25, 0.3) is 0 Å². The minimum Gasteiger partial charge on any atom is -0.444 e. The van der Waals surface area contributed by atoms with Gasteiger partial charge in [-0.3, -0.25) is 19.7 Å². The van der Waals surface area contributed by atoms with Crippen molar-refractivity contribution in [2.75, 3.05) is 13.1 Å². The highest BCUT2D eigenvalue weighted by Crippen LogP contribution is 2.35. The number of piperidine rings is 2. The molecule has 2 saturated heterocycles. The van der Waals surface area contributed by atoms with Gasteiger partial charge in [-0.2, -0.15) is 0 Å². The van der Waals surface area contributed by atoms with Crippen molar-refractivity contribution >= 4 is 23.8 Å². The Labute approximate surface area is 186 Å². The number of carbonyl (C=O) groups is 4. The number of hydrogen-bond donors (Lipinski definition) is 1. The number of ether oxygens (including phenoxy) is 1. The van der Waals surface area contributed by atoms with Crippen LogP contribution in [0.5, 0.6) is 0 Å². The summed E-state index contributed by atoms with van der Waals surface area (Å²) in [4.78, 5) is 51.8. The number of hydrogen-bond acceptors (Lipinski definition) is 5. The second-order valence-electron chi connectivity index (χ2n) is 9.67. The van der Waals surface area contributed by atoms with Crippen molar-refractivity contribution < 1.29 is 28.3 Å². The lowest BCUT2D eigenvalue weighted by Gasteiger charge is -2.33. The maximum atomic E-state index is 15.0. The van der Waals surface area contributed by atoms with Crippen LogP contribution < -0.4 is 5.32 Å². The Morgan fingerprint density at radius 3 is 2.44 bits per heavy atom. The van der Waals surface area contributed by atoms with Gasteiger partial charge in [-0.15, -0.1) is 0 Å². The van der Waals surface area contributed by atoms with Crippen LogP contribution in [0.3, 0.4) is 0 Å². The third kappa shape index (κ3) is 4.33. The number of imide groups is 1. The summed E-state index contributed by atoms with van der Waals surface area (Å²) >= 11 is 0. The van der Waals surface area contributed by atoms with E-state index in [1.807, 2.05) is 20.8 Å². The van der Waals surface area contributed by atoms with Gasteiger partial charge in [-0.05, 0) is 63.1 Å². The topological polar surface area (TPSA) is 96.0 Å². The summed E-state index contributed by atoms with van der Waals surface area (Å²) in [5.41, 5.74) is 0.916. The molecule has 9 heteroatoms. The van der Waals surface area contributed by atoms with E-state index in [0.29, 0.717) is 37.1 Å². The summed E-state index contributed by atoms with van der Waals surface area (Å²) in [5.74, 6) is -1.74. The lowest BCUT2D eigenvalue weighted by molar-refractivity contribution is -0.136. The van der Waals surface area contributed by atoms with Crippen molar-refractivity contribution in [3.63, 3.8) is 0 Å². The molecule has 4 rings (SSSR count). The molecule has 172 valence electrons. The lowest BCUT2D eigenvalue weighted by Crippen LogP contribution is -2.52. The molecular weight excluding hydrogens is 417 g/mol. The molecule has 4 amide bonds. The van der Waals surface area contributed by atoms with Crippen molar-refractivity contribution in [3.8, 4) is 0 Å².